The number of terminal acetylenes is 1. The number of hydrogen-bond donors (Lipinski definition) is 0. The van der Waals surface area contributed by atoms with Gasteiger partial charge in [-0.15, -0.1) is 6.42 Å². The molecule has 1 amide bonds. The van der Waals surface area contributed by atoms with Gasteiger partial charge in [-0.3, -0.25) is 14.8 Å². The van der Waals surface area contributed by atoms with Gasteiger partial charge >= 0.3 is 12.1 Å². The Morgan fingerprint density at radius 2 is 1.93 bits per heavy atom. The van der Waals surface area contributed by atoms with Crippen LogP contribution in [0, 0.1) is 24.0 Å². The highest BCUT2D eigenvalue weighted by molar-refractivity contribution is 6.03. The maximum atomic E-state index is 17.4. The third-order valence-electron chi connectivity index (χ3n) is 10.4. The lowest BCUT2D eigenvalue weighted by Crippen LogP contribution is -2.57. The van der Waals surface area contributed by atoms with E-state index in [4.69, 9.17) is 28.1 Å². The van der Waals surface area contributed by atoms with Crippen molar-refractivity contribution in [2.45, 2.75) is 82.3 Å². The second-order valence-electron chi connectivity index (χ2n) is 15.2. The number of hydrogen-bond acceptors (Lipinski definition) is 10. The van der Waals surface area contributed by atoms with Crippen molar-refractivity contribution >= 4 is 33.6 Å². The highest BCUT2D eigenvalue weighted by Gasteiger charge is 2.50. The van der Waals surface area contributed by atoms with E-state index < -0.39 is 54.1 Å². The summed E-state index contributed by atoms with van der Waals surface area (Å²) in [5.74, 6) is 1.07. The van der Waals surface area contributed by atoms with Crippen molar-refractivity contribution in [1.29, 1.82) is 0 Å². The van der Waals surface area contributed by atoms with Gasteiger partial charge in [-0.2, -0.15) is 9.97 Å². The van der Waals surface area contributed by atoms with E-state index in [1.165, 1.54) is 36.4 Å². The van der Waals surface area contributed by atoms with E-state index in [9.17, 15) is 7.54 Å². The van der Waals surface area contributed by atoms with Crippen molar-refractivity contribution in [1.82, 2.24) is 24.8 Å². The molecule has 0 aliphatic carbocycles. The van der Waals surface area contributed by atoms with Crippen LogP contribution in [0.3, 0.4) is 0 Å². The summed E-state index contributed by atoms with van der Waals surface area (Å²) in [5.41, 5.74) is -3.06. The number of fused-ring (bicyclic) bond motifs is 5. The minimum atomic E-state index is -2.74. The van der Waals surface area contributed by atoms with Gasteiger partial charge in [0.05, 0.1) is 31.3 Å². The van der Waals surface area contributed by atoms with E-state index >= 15 is 13.2 Å². The normalized spacial score (nSPS) is 26.2. The van der Waals surface area contributed by atoms with Gasteiger partial charge in [0, 0.05) is 53.1 Å². The Morgan fingerprint density at radius 1 is 1.15 bits per heavy atom. The number of pyridine rings is 1. The Kier molecular flexibility index (Phi) is 8.02. The Hall–Kier alpha value is -4.87. The monoisotopic (exact) mass is 748 g/mol. The van der Waals surface area contributed by atoms with E-state index in [1.807, 2.05) is 4.90 Å². The third-order valence-corrected chi connectivity index (χ3v) is 10.4. The molecule has 2 aromatic carbocycles. The summed E-state index contributed by atoms with van der Waals surface area (Å²) in [6, 6.07) is 4.58. The van der Waals surface area contributed by atoms with Gasteiger partial charge in [-0.25, -0.2) is 18.0 Å². The van der Waals surface area contributed by atoms with Crippen molar-refractivity contribution in [3.63, 3.8) is 0 Å². The second kappa shape index (κ2) is 13.8. The molecule has 0 saturated carbocycles. The molecule has 11 nitrogen and oxygen atoms in total. The minimum absolute atomic E-state index is 0.0467. The molecular weight excluding hydrogens is 701 g/mol. The molecule has 8 rings (SSSR count). The third kappa shape index (κ3) is 6.41. The Labute approximate surface area is 317 Å². The van der Waals surface area contributed by atoms with Gasteiger partial charge in [0.25, 0.3) is 0 Å². The standard InChI is InChI=1S/C40H43F3N6O5/c1-6-28-31(42)11-8-23-14-27(53-22-51-5)15-29(32(23)28)34-33(43)35-30(17-44-34)36(46-37(45-35)52-21-40-12-7-13-48(40)18-24(41)16-40)47-19-25-9-10-26(20-47)49(25)38(50)54-39(2,3)4/h1,8,11,14-15,17,24-26H,7,9-10,12-13,16,18-22H2,2-5H3/t24-,25?,26?,40+/m1/s1/i13D2,21D2. The molecule has 14 heteroatoms. The van der Waals surface area contributed by atoms with Crippen LogP contribution >= 0.6 is 0 Å². The minimum Gasteiger partial charge on any atom is -0.468 e. The number of amides is 1. The van der Waals surface area contributed by atoms with Crippen LogP contribution in [0.5, 0.6) is 11.8 Å². The molecule has 54 heavy (non-hydrogen) atoms. The Balaban J connectivity index is 1.28. The lowest BCUT2D eigenvalue weighted by molar-refractivity contribution is 0.0122. The van der Waals surface area contributed by atoms with E-state index in [0.29, 0.717) is 18.2 Å². The predicted octanol–water partition coefficient (Wildman–Crippen LogP) is 6.63. The first kappa shape index (κ1) is 31.5. The average molecular weight is 749 g/mol. The second-order valence-corrected chi connectivity index (χ2v) is 15.2. The van der Waals surface area contributed by atoms with Gasteiger partial charge in [0.1, 0.15) is 46.9 Å². The van der Waals surface area contributed by atoms with Crippen LogP contribution in [-0.4, -0.2) is 107 Å². The number of carbonyl (C=O) groups is 1. The number of carbonyl (C=O) groups excluding carboxylic acids is 1. The Morgan fingerprint density at radius 3 is 2.65 bits per heavy atom. The van der Waals surface area contributed by atoms with Gasteiger partial charge in [-0.1, -0.05) is 12.0 Å². The molecule has 0 N–H and O–H groups in total. The quantitative estimate of drug-likeness (QED) is 0.144. The van der Waals surface area contributed by atoms with E-state index in [-0.39, 0.29) is 102 Å². The molecule has 4 aromatic rings. The number of alkyl halides is 1. The summed E-state index contributed by atoms with van der Waals surface area (Å²) in [7, 11) is 1.43. The van der Waals surface area contributed by atoms with Crippen LogP contribution in [0.2, 0.25) is 0 Å². The average Bonchev–Trinajstić information content (AvgIpc) is 3.75. The van der Waals surface area contributed by atoms with E-state index in [1.54, 1.807) is 31.7 Å². The van der Waals surface area contributed by atoms with Crippen molar-refractivity contribution in [3.05, 3.63) is 47.7 Å². The SMILES string of the molecule is [2H]C1([2H])CC[C@@]2(C([2H])([2H])Oc3nc(N4CC5CCC(C4)N5C(=O)OC(C)(C)C)c4cnc(-c5cc(OCOC)cc6ccc(F)c(C#C)c56)c(F)c4n3)C[C@@H](F)CN12. The van der Waals surface area contributed by atoms with Crippen molar-refractivity contribution in [3.8, 4) is 35.4 Å². The first-order valence-corrected chi connectivity index (χ1v) is 17.9. The van der Waals surface area contributed by atoms with Crippen LogP contribution in [0.15, 0.2) is 30.5 Å². The van der Waals surface area contributed by atoms with Crippen LogP contribution in [0.25, 0.3) is 32.9 Å². The molecule has 2 aromatic heterocycles. The molecule has 4 aliphatic heterocycles. The van der Waals surface area contributed by atoms with Crippen molar-refractivity contribution in [2.24, 2.45) is 0 Å². The molecule has 0 radical (unpaired) electrons. The molecule has 4 fully saturated rings. The molecule has 284 valence electrons. The highest BCUT2D eigenvalue weighted by Crippen LogP contribution is 2.43. The number of rotatable bonds is 8. The number of methoxy groups -OCH3 is 1. The number of piperazine rings is 1. The number of ether oxygens (including phenoxy) is 4. The zero-order valence-electron chi connectivity index (χ0n) is 34.4. The molecule has 2 unspecified atom stereocenters. The lowest BCUT2D eigenvalue weighted by Gasteiger charge is -2.42. The first-order chi connectivity index (χ1) is 27.4. The number of aromatic nitrogens is 3. The van der Waals surface area contributed by atoms with Gasteiger partial charge in [-0.05, 0) is 76.5 Å². The summed E-state index contributed by atoms with van der Waals surface area (Å²) < 4.78 is 105. The van der Waals surface area contributed by atoms with Crippen LogP contribution in [0.1, 0.15) is 63.9 Å². The summed E-state index contributed by atoms with van der Waals surface area (Å²) >= 11 is 0. The largest absolute Gasteiger partial charge is 0.468 e. The molecule has 4 saturated heterocycles. The predicted molar refractivity (Wildman–Crippen MR) is 196 cm³/mol. The van der Waals surface area contributed by atoms with Crippen molar-refractivity contribution < 1.29 is 42.4 Å². The van der Waals surface area contributed by atoms with Crippen molar-refractivity contribution in [2.75, 3.05) is 51.5 Å². The summed E-state index contributed by atoms with van der Waals surface area (Å²) in [6.07, 6.45) is 6.08. The molecule has 2 bridgehead atoms. The Bertz CT molecular complexity index is 2350. The van der Waals surface area contributed by atoms with Crippen LogP contribution in [0.4, 0.5) is 23.8 Å². The number of halogens is 3. The summed E-state index contributed by atoms with van der Waals surface area (Å²) in [5, 5.41) is 0.758. The molecular formula is C40H43F3N6O5. The van der Waals surface area contributed by atoms with Gasteiger partial charge < -0.3 is 23.8 Å². The summed E-state index contributed by atoms with van der Waals surface area (Å²) in [4.78, 5) is 31.7. The number of benzene rings is 2. The molecule has 4 aliphatic rings. The first-order valence-electron chi connectivity index (χ1n) is 19.9. The number of nitrogens with zero attached hydrogens (tertiary/aromatic N) is 6. The number of anilines is 1. The fraction of sp³-hybridized carbons (Fsp3) is 0.500. The van der Waals surface area contributed by atoms with Crippen LogP contribution in [-0.2, 0) is 9.47 Å². The molecule has 0 spiro atoms. The van der Waals surface area contributed by atoms with Crippen LogP contribution < -0.4 is 14.4 Å². The zero-order chi connectivity index (χ0) is 41.5. The fourth-order valence-electron chi connectivity index (χ4n) is 8.19. The molecule has 4 atom stereocenters. The molecule has 6 heterocycles. The van der Waals surface area contributed by atoms with Gasteiger partial charge in [0.15, 0.2) is 12.6 Å². The summed E-state index contributed by atoms with van der Waals surface area (Å²) in [6.45, 7) is 0.682. The van der Waals surface area contributed by atoms with E-state index in [2.05, 4.69) is 20.9 Å². The maximum absolute atomic E-state index is 17.4. The lowest BCUT2D eigenvalue weighted by atomic mass is 9.95. The topological polar surface area (TPSA) is 102 Å². The zero-order valence-corrected chi connectivity index (χ0v) is 30.4. The maximum Gasteiger partial charge on any atom is 0.410 e. The highest BCUT2D eigenvalue weighted by atomic mass is 19.1. The smallest absolute Gasteiger partial charge is 0.410 e. The fourth-order valence-corrected chi connectivity index (χ4v) is 8.19. The van der Waals surface area contributed by atoms with Gasteiger partial charge in [0.2, 0.25) is 0 Å². The van der Waals surface area contributed by atoms with E-state index in [0.717, 1.165) is 0 Å².